The fourth-order valence-electron chi connectivity index (χ4n) is 2.40. The van der Waals surface area contributed by atoms with Crippen LogP contribution < -0.4 is 9.47 Å². The van der Waals surface area contributed by atoms with Gasteiger partial charge in [0, 0.05) is 12.4 Å². The Bertz CT molecular complexity index is 625. The molecule has 0 unspecified atom stereocenters. The lowest BCUT2D eigenvalue weighted by molar-refractivity contribution is 0.0830. The van der Waals surface area contributed by atoms with Crippen LogP contribution in [0.4, 0.5) is 0 Å². The molecule has 2 aromatic rings. The highest BCUT2D eigenvalue weighted by Crippen LogP contribution is 2.31. The molecule has 4 heteroatoms. The highest BCUT2D eigenvalue weighted by molar-refractivity contribution is 6.01. The maximum Gasteiger partial charge on any atom is 0.173 e. The van der Waals surface area contributed by atoms with Crippen molar-refractivity contribution in [2.75, 3.05) is 13.7 Å². The first kappa shape index (κ1) is 12.7. The third-order valence-electron chi connectivity index (χ3n) is 3.47. The summed E-state index contributed by atoms with van der Waals surface area (Å²) in [4.78, 5) is 16.6. The summed E-state index contributed by atoms with van der Waals surface area (Å²) in [5, 5.41) is 0. The van der Waals surface area contributed by atoms with Gasteiger partial charge in [-0.05, 0) is 36.2 Å². The first-order chi connectivity index (χ1) is 9.78. The molecule has 1 aromatic carbocycles. The molecule has 3 rings (SSSR count). The van der Waals surface area contributed by atoms with E-state index in [0.717, 1.165) is 5.56 Å². The number of ketones is 1. The zero-order valence-corrected chi connectivity index (χ0v) is 11.2. The molecule has 4 nitrogen and oxygen atoms in total. The molecule has 1 aliphatic heterocycles. The van der Waals surface area contributed by atoms with E-state index in [9.17, 15) is 4.79 Å². The van der Waals surface area contributed by atoms with Gasteiger partial charge in [-0.15, -0.1) is 0 Å². The summed E-state index contributed by atoms with van der Waals surface area (Å²) >= 11 is 0. The van der Waals surface area contributed by atoms with Gasteiger partial charge in [-0.1, -0.05) is 6.07 Å². The summed E-state index contributed by atoms with van der Waals surface area (Å²) < 4.78 is 10.8. The van der Waals surface area contributed by atoms with Gasteiger partial charge in [-0.3, -0.25) is 9.78 Å². The van der Waals surface area contributed by atoms with Crippen LogP contribution in [0.1, 0.15) is 15.9 Å². The molecule has 2 heterocycles. The number of rotatable bonds is 3. The smallest absolute Gasteiger partial charge is 0.173 e. The van der Waals surface area contributed by atoms with E-state index >= 15 is 0 Å². The number of benzene rings is 1. The minimum Gasteiger partial charge on any atom is -0.497 e. The topological polar surface area (TPSA) is 48.4 Å². The molecule has 0 spiro atoms. The summed E-state index contributed by atoms with van der Waals surface area (Å²) in [6.45, 7) is 0.410. The van der Waals surface area contributed by atoms with Crippen LogP contribution in [-0.4, -0.2) is 24.5 Å². The molecular formula is C16H15NO3. The van der Waals surface area contributed by atoms with E-state index in [1.807, 2.05) is 12.1 Å². The molecule has 0 N–H and O–H groups in total. The molecule has 0 amide bonds. The largest absolute Gasteiger partial charge is 0.497 e. The molecule has 1 aliphatic rings. The number of pyridine rings is 1. The zero-order chi connectivity index (χ0) is 13.9. The number of carbonyl (C=O) groups excluding carboxylic acids is 1. The molecule has 0 bridgehead atoms. The Kier molecular flexibility index (Phi) is 3.37. The lowest BCUT2D eigenvalue weighted by Gasteiger charge is -2.24. The quantitative estimate of drug-likeness (QED) is 0.859. The third kappa shape index (κ3) is 2.37. The van der Waals surface area contributed by atoms with Crippen molar-refractivity contribution in [3.05, 3.63) is 53.9 Å². The number of Topliss-reactive ketones (excluding diaryl/α,β-unsaturated/α-hetero) is 1. The second-order valence-corrected chi connectivity index (χ2v) is 4.80. The van der Waals surface area contributed by atoms with Gasteiger partial charge >= 0.3 is 0 Å². The van der Waals surface area contributed by atoms with Crippen molar-refractivity contribution < 1.29 is 14.3 Å². The molecule has 1 aromatic heterocycles. The number of hydrogen-bond acceptors (Lipinski definition) is 4. The first-order valence-electron chi connectivity index (χ1n) is 6.52. The second-order valence-electron chi connectivity index (χ2n) is 4.80. The average molecular weight is 269 g/mol. The van der Waals surface area contributed by atoms with Crippen LogP contribution in [0.2, 0.25) is 0 Å². The summed E-state index contributed by atoms with van der Waals surface area (Å²) in [5.74, 6) is 1.24. The number of carbonyl (C=O) groups is 1. The lowest BCUT2D eigenvalue weighted by atomic mass is 9.90. The minimum absolute atomic E-state index is 0.106. The van der Waals surface area contributed by atoms with Gasteiger partial charge in [0.25, 0.3) is 0 Å². The van der Waals surface area contributed by atoms with Crippen LogP contribution in [0.5, 0.6) is 11.5 Å². The molecular weight excluding hydrogens is 254 g/mol. The molecule has 20 heavy (non-hydrogen) atoms. The van der Waals surface area contributed by atoms with Crippen LogP contribution in [-0.2, 0) is 6.42 Å². The first-order valence-corrected chi connectivity index (χ1v) is 6.52. The Balaban J connectivity index is 1.85. The maximum absolute atomic E-state index is 12.5. The lowest BCUT2D eigenvalue weighted by Crippen LogP contribution is -2.29. The summed E-state index contributed by atoms with van der Waals surface area (Å²) in [6.07, 6.45) is 4.15. The van der Waals surface area contributed by atoms with Crippen molar-refractivity contribution >= 4 is 5.78 Å². The van der Waals surface area contributed by atoms with Gasteiger partial charge in [0.1, 0.15) is 11.5 Å². The van der Waals surface area contributed by atoms with Crippen molar-refractivity contribution in [2.24, 2.45) is 5.92 Å². The van der Waals surface area contributed by atoms with E-state index in [1.165, 1.54) is 0 Å². The molecule has 0 saturated carbocycles. The predicted octanol–water partition coefficient (Wildman–Crippen LogP) is 2.52. The molecule has 1 atom stereocenters. The van der Waals surface area contributed by atoms with Crippen LogP contribution in [0.25, 0.3) is 0 Å². The normalized spacial score (nSPS) is 17.2. The van der Waals surface area contributed by atoms with Gasteiger partial charge in [0.05, 0.1) is 25.2 Å². The maximum atomic E-state index is 12.5. The highest BCUT2D eigenvalue weighted by Gasteiger charge is 2.29. The number of methoxy groups -OCH3 is 1. The summed E-state index contributed by atoms with van der Waals surface area (Å²) in [7, 11) is 1.59. The highest BCUT2D eigenvalue weighted by atomic mass is 16.5. The van der Waals surface area contributed by atoms with Crippen molar-refractivity contribution in [3.63, 3.8) is 0 Å². The number of aromatic nitrogens is 1. The van der Waals surface area contributed by atoms with E-state index in [2.05, 4.69) is 4.98 Å². The van der Waals surface area contributed by atoms with E-state index in [-0.39, 0.29) is 11.7 Å². The Hall–Kier alpha value is -2.36. The summed E-state index contributed by atoms with van der Waals surface area (Å²) in [6, 6.07) is 9.18. The van der Waals surface area contributed by atoms with Crippen LogP contribution in [0, 0.1) is 5.92 Å². The van der Waals surface area contributed by atoms with Gasteiger partial charge in [-0.25, -0.2) is 0 Å². The van der Waals surface area contributed by atoms with E-state index < -0.39 is 0 Å². The second kappa shape index (κ2) is 5.33. The third-order valence-corrected chi connectivity index (χ3v) is 3.47. The van der Waals surface area contributed by atoms with Gasteiger partial charge in [0.15, 0.2) is 5.78 Å². The number of fused-ring (bicyclic) bond motifs is 1. The fraction of sp³-hybridized carbons (Fsp3) is 0.250. The number of hydrogen-bond donors (Lipinski definition) is 0. The Labute approximate surface area is 117 Å². The standard InChI is InChI=1S/C16H15NO3/c1-19-13-4-5-15-14(8-13)16(18)12(10-20-15)7-11-3-2-6-17-9-11/h2-6,8-9,12H,7,10H2,1H3/t12-/m1/s1. The molecule has 0 aliphatic carbocycles. The zero-order valence-electron chi connectivity index (χ0n) is 11.2. The number of nitrogens with zero attached hydrogens (tertiary/aromatic N) is 1. The average Bonchev–Trinajstić information content (AvgIpc) is 2.51. The van der Waals surface area contributed by atoms with Crippen molar-refractivity contribution in [1.82, 2.24) is 4.98 Å². The number of ether oxygens (including phenoxy) is 2. The fourth-order valence-corrected chi connectivity index (χ4v) is 2.40. The Morgan fingerprint density at radius 3 is 3.05 bits per heavy atom. The Morgan fingerprint density at radius 2 is 2.30 bits per heavy atom. The van der Waals surface area contributed by atoms with Crippen molar-refractivity contribution in [3.8, 4) is 11.5 Å². The molecule has 0 saturated heterocycles. The molecule has 0 radical (unpaired) electrons. The monoisotopic (exact) mass is 269 g/mol. The van der Waals surface area contributed by atoms with Gasteiger partial charge < -0.3 is 9.47 Å². The molecule has 102 valence electrons. The SMILES string of the molecule is COc1ccc2c(c1)C(=O)[C@H](Cc1cccnc1)CO2. The molecule has 0 fully saturated rings. The summed E-state index contributed by atoms with van der Waals surface area (Å²) in [5.41, 5.74) is 1.64. The van der Waals surface area contributed by atoms with Crippen molar-refractivity contribution in [1.29, 1.82) is 0 Å². The van der Waals surface area contributed by atoms with E-state index in [0.29, 0.717) is 30.1 Å². The van der Waals surface area contributed by atoms with Crippen LogP contribution in [0.15, 0.2) is 42.7 Å². The van der Waals surface area contributed by atoms with E-state index in [1.54, 1.807) is 37.7 Å². The predicted molar refractivity (Wildman–Crippen MR) is 74.3 cm³/mol. The Morgan fingerprint density at radius 1 is 1.40 bits per heavy atom. The van der Waals surface area contributed by atoms with Gasteiger partial charge in [-0.2, -0.15) is 0 Å². The van der Waals surface area contributed by atoms with Crippen LogP contribution in [0.3, 0.4) is 0 Å². The van der Waals surface area contributed by atoms with Crippen LogP contribution >= 0.6 is 0 Å². The van der Waals surface area contributed by atoms with Gasteiger partial charge in [0.2, 0.25) is 0 Å². The van der Waals surface area contributed by atoms with Crippen molar-refractivity contribution in [2.45, 2.75) is 6.42 Å². The van der Waals surface area contributed by atoms with E-state index in [4.69, 9.17) is 9.47 Å². The minimum atomic E-state index is -0.168.